The van der Waals surface area contributed by atoms with Gasteiger partial charge in [-0.1, -0.05) is 18.2 Å². The largest absolute Gasteiger partial charge is 0.366 e. The summed E-state index contributed by atoms with van der Waals surface area (Å²) in [4.78, 5) is 6.08. The minimum Gasteiger partial charge on any atom is -0.366 e. The zero-order valence-corrected chi connectivity index (χ0v) is 12.6. The Morgan fingerprint density at radius 3 is 2.62 bits per heavy atom. The first-order chi connectivity index (χ1) is 10.1. The van der Waals surface area contributed by atoms with Crippen LogP contribution in [0.5, 0.6) is 0 Å². The molecule has 3 nitrogen and oxygen atoms in total. The number of rotatable bonds is 5. The summed E-state index contributed by atoms with van der Waals surface area (Å²) >= 11 is 0. The fourth-order valence-electron chi connectivity index (χ4n) is 1.82. The summed E-state index contributed by atoms with van der Waals surface area (Å²) in [5, 5.41) is 3.21. The monoisotopic (exact) mass is 285 g/mol. The summed E-state index contributed by atoms with van der Waals surface area (Å²) < 4.78 is 14.1. The average Bonchev–Trinajstić information content (AvgIpc) is 2.50. The maximum absolute atomic E-state index is 14.1. The molecule has 0 aromatic heterocycles. The third-order valence-electron chi connectivity index (χ3n) is 3.24. The van der Waals surface area contributed by atoms with E-state index in [2.05, 4.69) is 10.3 Å². The molecule has 0 heterocycles. The summed E-state index contributed by atoms with van der Waals surface area (Å²) in [6.45, 7) is 4.78. The SMILES string of the molecule is CCN(C)/C=N/c1cc(C)c(Nc2ccccc2)cc1F. The van der Waals surface area contributed by atoms with Gasteiger partial charge in [0.25, 0.3) is 0 Å². The standard InChI is InChI=1S/C17H20FN3/c1-4-21(3)12-19-17-10-13(2)16(11-15(17)18)20-14-8-6-5-7-9-14/h5-12,20H,4H2,1-3H3/b19-12+. The number of hydrogen-bond donors (Lipinski definition) is 1. The number of benzene rings is 2. The molecule has 2 rings (SSSR count). The van der Waals surface area contributed by atoms with Crippen LogP contribution in [0, 0.1) is 12.7 Å². The van der Waals surface area contributed by atoms with Crippen LogP contribution >= 0.6 is 0 Å². The zero-order chi connectivity index (χ0) is 15.2. The van der Waals surface area contributed by atoms with Crippen LogP contribution in [0.2, 0.25) is 0 Å². The first-order valence-electron chi connectivity index (χ1n) is 6.96. The van der Waals surface area contributed by atoms with Crippen molar-refractivity contribution in [2.75, 3.05) is 18.9 Å². The second kappa shape index (κ2) is 6.88. The van der Waals surface area contributed by atoms with Crippen molar-refractivity contribution in [1.82, 2.24) is 4.90 Å². The Morgan fingerprint density at radius 1 is 1.24 bits per heavy atom. The van der Waals surface area contributed by atoms with E-state index in [1.54, 1.807) is 12.4 Å². The molecule has 110 valence electrons. The first-order valence-corrected chi connectivity index (χ1v) is 6.96. The molecule has 0 aliphatic carbocycles. The predicted octanol–water partition coefficient (Wildman–Crippen LogP) is 4.49. The highest BCUT2D eigenvalue weighted by molar-refractivity contribution is 5.68. The Bertz CT molecular complexity index is 623. The number of para-hydroxylation sites is 1. The minimum atomic E-state index is -0.334. The van der Waals surface area contributed by atoms with Crippen molar-refractivity contribution < 1.29 is 4.39 Å². The van der Waals surface area contributed by atoms with Crippen LogP contribution in [0.3, 0.4) is 0 Å². The Kier molecular flexibility index (Phi) is 4.93. The summed E-state index contributed by atoms with van der Waals surface area (Å²) in [7, 11) is 1.90. The molecule has 0 saturated carbocycles. The van der Waals surface area contributed by atoms with Crippen LogP contribution in [0.4, 0.5) is 21.5 Å². The number of nitrogens with one attached hydrogen (secondary N) is 1. The fourth-order valence-corrected chi connectivity index (χ4v) is 1.82. The molecule has 0 unspecified atom stereocenters. The van der Waals surface area contributed by atoms with Crippen molar-refractivity contribution in [1.29, 1.82) is 0 Å². The Hall–Kier alpha value is -2.36. The van der Waals surface area contributed by atoms with Crippen LogP contribution in [0.25, 0.3) is 0 Å². The maximum Gasteiger partial charge on any atom is 0.150 e. The molecule has 0 aliphatic heterocycles. The molecule has 0 amide bonds. The highest BCUT2D eigenvalue weighted by Gasteiger charge is 2.07. The van der Waals surface area contributed by atoms with E-state index in [-0.39, 0.29) is 5.82 Å². The van der Waals surface area contributed by atoms with Crippen molar-refractivity contribution in [2.45, 2.75) is 13.8 Å². The molecule has 2 aromatic carbocycles. The molecule has 4 heteroatoms. The second-order valence-electron chi connectivity index (χ2n) is 4.93. The first kappa shape index (κ1) is 15.0. The lowest BCUT2D eigenvalue weighted by atomic mass is 10.1. The van der Waals surface area contributed by atoms with Gasteiger partial charge in [0.2, 0.25) is 0 Å². The lowest BCUT2D eigenvalue weighted by molar-refractivity contribution is 0.551. The van der Waals surface area contributed by atoms with Crippen molar-refractivity contribution in [3.05, 3.63) is 53.8 Å². The van der Waals surface area contributed by atoms with E-state index in [1.165, 1.54) is 6.07 Å². The van der Waals surface area contributed by atoms with Gasteiger partial charge >= 0.3 is 0 Å². The minimum absolute atomic E-state index is 0.334. The Labute approximate surface area is 125 Å². The number of aryl methyl sites for hydroxylation is 1. The second-order valence-corrected chi connectivity index (χ2v) is 4.93. The highest BCUT2D eigenvalue weighted by Crippen LogP contribution is 2.28. The van der Waals surface area contributed by atoms with E-state index in [4.69, 9.17) is 0 Å². The Balaban J connectivity index is 2.23. The number of halogens is 1. The van der Waals surface area contributed by atoms with Crippen LogP contribution in [-0.4, -0.2) is 24.8 Å². The molecule has 0 atom stereocenters. The summed E-state index contributed by atoms with van der Waals surface area (Å²) in [5.74, 6) is -0.334. The summed E-state index contributed by atoms with van der Waals surface area (Å²) in [6.07, 6.45) is 1.64. The molecule has 0 radical (unpaired) electrons. The van der Waals surface area contributed by atoms with Crippen molar-refractivity contribution >= 4 is 23.4 Å². The van der Waals surface area contributed by atoms with Gasteiger partial charge in [-0.15, -0.1) is 0 Å². The quantitative estimate of drug-likeness (QED) is 0.647. The lowest BCUT2D eigenvalue weighted by Crippen LogP contribution is -2.14. The number of aliphatic imine (C=N–C) groups is 1. The van der Waals surface area contributed by atoms with Gasteiger partial charge in [0.1, 0.15) is 5.69 Å². The average molecular weight is 285 g/mol. The molecule has 21 heavy (non-hydrogen) atoms. The highest BCUT2D eigenvalue weighted by atomic mass is 19.1. The van der Waals surface area contributed by atoms with Crippen LogP contribution in [0.15, 0.2) is 47.5 Å². The summed E-state index contributed by atoms with van der Waals surface area (Å²) in [6, 6.07) is 12.9. The van der Waals surface area contributed by atoms with Gasteiger partial charge in [-0.05, 0) is 43.7 Å². The molecule has 0 spiro atoms. The van der Waals surface area contributed by atoms with Crippen LogP contribution in [0.1, 0.15) is 12.5 Å². The third-order valence-corrected chi connectivity index (χ3v) is 3.24. The predicted molar refractivity (Wildman–Crippen MR) is 87.3 cm³/mol. The maximum atomic E-state index is 14.1. The van der Waals surface area contributed by atoms with Crippen LogP contribution < -0.4 is 5.32 Å². The van der Waals surface area contributed by atoms with E-state index in [9.17, 15) is 4.39 Å². The van der Waals surface area contributed by atoms with E-state index >= 15 is 0 Å². The van der Waals surface area contributed by atoms with E-state index in [0.717, 1.165) is 23.5 Å². The molecular formula is C17H20FN3. The van der Waals surface area contributed by atoms with E-state index < -0.39 is 0 Å². The molecular weight excluding hydrogens is 265 g/mol. The van der Waals surface area contributed by atoms with Gasteiger partial charge < -0.3 is 10.2 Å². The number of hydrogen-bond acceptors (Lipinski definition) is 2. The molecule has 0 fully saturated rings. The third kappa shape index (κ3) is 4.05. The van der Waals surface area contributed by atoms with Gasteiger partial charge in [-0.25, -0.2) is 9.38 Å². The van der Waals surface area contributed by atoms with Crippen LogP contribution in [-0.2, 0) is 0 Å². The van der Waals surface area contributed by atoms with Gasteiger partial charge in [0, 0.05) is 25.0 Å². The molecule has 1 N–H and O–H groups in total. The normalized spacial score (nSPS) is 10.9. The smallest absolute Gasteiger partial charge is 0.150 e. The summed E-state index contributed by atoms with van der Waals surface area (Å²) in [5.41, 5.74) is 2.99. The van der Waals surface area contributed by atoms with E-state index in [0.29, 0.717) is 5.69 Å². The number of anilines is 2. The topological polar surface area (TPSA) is 27.6 Å². The van der Waals surface area contributed by atoms with Gasteiger partial charge in [-0.3, -0.25) is 0 Å². The van der Waals surface area contributed by atoms with Gasteiger partial charge in [-0.2, -0.15) is 0 Å². The fraction of sp³-hybridized carbons (Fsp3) is 0.235. The zero-order valence-electron chi connectivity index (χ0n) is 12.6. The molecule has 0 aliphatic rings. The van der Waals surface area contributed by atoms with Crippen molar-refractivity contribution in [2.24, 2.45) is 4.99 Å². The van der Waals surface area contributed by atoms with Gasteiger partial charge in [0.05, 0.1) is 6.34 Å². The van der Waals surface area contributed by atoms with Crippen molar-refractivity contribution in [3.63, 3.8) is 0 Å². The van der Waals surface area contributed by atoms with Gasteiger partial charge in [0.15, 0.2) is 5.82 Å². The lowest BCUT2D eigenvalue weighted by Gasteiger charge is -2.12. The number of nitrogens with zero attached hydrogens (tertiary/aromatic N) is 2. The molecule has 2 aromatic rings. The molecule has 0 bridgehead atoms. The molecule has 0 saturated heterocycles. The van der Waals surface area contributed by atoms with Crippen molar-refractivity contribution in [3.8, 4) is 0 Å². The van der Waals surface area contributed by atoms with E-state index in [1.807, 2.05) is 56.1 Å². The Morgan fingerprint density at radius 2 is 1.95 bits per heavy atom.